The minimum absolute atomic E-state index is 0.108. The van der Waals surface area contributed by atoms with Crippen molar-refractivity contribution < 1.29 is 4.79 Å². The van der Waals surface area contributed by atoms with Crippen molar-refractivity contribution in [3.63, 3.8) is 0 Å². The first kappa shape index (κ1) is 11.1. The van der Waals surface area contributed by atoms with E-state index in [1.54, 1.807) is 6.20 Å². The maximum Gasteiger partial charge on any atom is 0.223 e. The van der Waals surface area contributed by atoms with Gasteiger partial charge in [0, 0.05) is 31.3 Å². The maximum absolute atomic E-state index is 11.8. The predicted octanol–water partition coefficient (Wildman–Crippen LogP) is 0.950. The molecule has 4 heteroatoms. The van der Waals surface area contributed by atoms with Crippen LogP contribution in [0.5, 0.6) is 0 Å². The standard InChI is InChI=1S/C12H17N3O/c1-2-15-11(16)6-10(7-13)12(15)9-4-3-5-14-8-9/h3-5,8,10,12H,2,6-7,13H2,1H3. The van der Waals surface area contributed by atoms with Gasteiger partial charge in [0.05, 0.1) is 6.04 Å². The second kappa shape index (κ2) is 4.61. The number of carbonyl (C=O) groups excluding carboxylic acids is 1. The zero-order chi connectivity index (χ0) is 11.5. The number of amides is 1. The highest BCUT2D eigenvalue weighted by Gasteiger charge is 2.38. The molecule has 4 nitrogen and oxygen atoms in total. The van der Waals surface area contributed by atoms with Crippen molar-refractivity contribution in [1.29, 1.82) is 0 Å². The first-order valence-electron chi connectivity index (χ1n) is 5.67. The number of nitrogens with two attached hydrogens (primary N) is 1. The lowest BCUT2D eigenvalue weighted by atomic mass is 9.95. The molecule has 2 rings (SSSR count). The largest absolute Gasteiger partial charge is 0.336 e. The Kier molecular flexibility index (Phi) is 3.19. The van der Waals surface area contributed by atoms with Crippen LogP contribution in [0.1, 0.15) is 24.9 Å². The fourth-order valence-electron chi connectivity index (χ4n) is 2.45. The molecule has 2 heterocycles. The summed E-state index contributed by atoms with van der Waals surface area (Å²) in [5.41, 5.74) is 6.83. The van der Waals surface area contributed by atoms with Crippen molar-refractivity contribution in [2.45, 2.75) is 19.4 Å². The summed E-state index contributed by atoms with van der Waals surface area (Å²) in [7, 11) is 0. The monoisotopic (exact) mass is 219 g/mol. The lowest BCUT2D eigenvalue weighted by Gasteiger charge is -2.26. The van der Waals surface area contributed by atoms with E-state index in [9.17, 15) is 4.79 Å². The first-order valence-corrected chi connectivity index (χ1v) is 5.67. The quantitative estimate of drug-likeness (QED) is 0.823. The van der Waals surface area contributed by atoms with Crippen molar-refractivity contribution in [3.8, 4) is 0 Å². The van der Waals surface area contributed by atoms with Crippen LogP contribution in [-0.4, -0.2) is 28.9 Å². The summed E-state index contributed by atoms with van der Waals surface area (Å²) in [5.74, 6) is 0.420. The molecule has 0 aromatic carbocycles. The van der Waals surface area contributed by atoms with E-state index in [-0.39, 0.29) is 17.9 Å². The predicted molar refractivity (Wildman–Crippen MR) is 61.5 cm³/mol. The van der Waals surface area contributed by atoms with Crippen molar-refractivity contribution in [1.82, 2.24) is 9.88 Å². The van der Waals surface area contributed by atoms with E-state index in [1.807, 2.05) is 30.2 Å². The molecule has 1 amide bonds. The first-order chi connectivity index (χ1) is 7.77. The molecular weight excluding hydrogens is 202 g/mol. The minimum atomic E-state index is 0.108. The van der Waals surface area contributed by atoms with Gasteiger partial charge < -0.3 is 10.6 Å². The Morgan fingerprint density at radius 2 is 2.44 bits per heavy atom. The number of nitrogens with zero attached hydrogens (tertiary/aromatic N) is 2. The number of pyridine rings is 1. The maximum atomic E-state index is 11.8. The topological polar surface area (TPSA) is 59.2 Å². The summed E-state index contributed by atoms with van der Waals surface area (Å²) in [6, 6.07) is 4.03. The van der Waals surface area contributed by atoms with Gasteiger partial charge in [0.15, 0.2) is 0 Å². The van der Waals surface area contributed by atoms with Gasteiger partial charge in [-0.1, -0.05) is 6.07 Å². The number of hydrogen-bond donors (Lipinski definition) is 1. The number of carbonyl (C=O) groups is 1. The van der Waals surface area contributed by atoms with Crippen LogP contribution in [-0.2, 0) is 4.79 Å². The van der Waals surface area contributed by atoms with Crippen LogP contribution in [0.2, 0.25) is 0 Å². The van der Waals surface area contributed by atoms with Crippen LogP contribution < -0.4 is 5.73 Å². The molecule has 1 aromatic rings. The van der Waals surface area contributed by atoms with Gasteiger partial charge in [0.1, 0.15) is 0 Å². The van der Waals surface area contributed by atoms with E-state index >= 15 is 0 Å². The van der Waals surface area contributed by atoms with Crippen LogP contribution in [0.4, 0.5) is 0 Å². The third kappa shape index (κ3) is 1.80. The zero-order valence-electron chi connectivity index (χ0n) is 9.47. The van der Waals surface area contributed by atoms with Gasteiger partial charge in [-0.2, -0.15) is 0 Å². The van der Waals surface area contributed by atoms with E-state index < -0.39 is 0 Å². The van der Waals surface area contributed by atoms with E-state index in [1.165, 1.54) is 0 Å². The Balaban J connectivity index is 2.32. The number of rotatable bonds is 3. The number of hydrogen-bond acceptors (Lipinski definition) is 3. The molecule has 0 saturated carbocycles. The normalized spacial score (nSPS) is 25.1. The van der Waals surface area contributed by atoms with Gasteiger partial charge in [-0.3, -0.25) is 9.78 Å². The van der Waals surface area contributed by atoms with Crippen LogP contribution in [0.15, 0.2) is 24.5 Å². The minimum Gasteiger partial charge on any atom is -0.336 e. The molecule has 1 aliphatic heterocycles. The van der Waals surface area contributed by atoms with E-state index in [0.717, 1.165) is 12.1 Å². The smallest absolute Gasteiger partial charge is 0.223 e. The highest BCUT2D eigenvalue weighted by Crippen LogP contribution is 2.36. The van der Waals surface area contributed by atoms with Crippen molar-refractivity contribution in [2.75, 3.05) is 13.1 Å². The van der Waals surface area contributed by atoms with Crippen LogP contribution in [0, 0.1) is 5.92 Å². The third-order valence-electron chi connectivity index (χ3n) is 3.21. The van der Waals surface area contributed by atoms with E-state index in [0.29, 0.717) is 13.0 Å². The molecule has 2 atom stereocenters. The Labute approximate surface area is 95.5 Å². The molecule has 0 spiro atoms. The summed E-state index contributed by atoms with van der Waals surface area (Å²) in [6.45, 7) is 3.27. The summed E-state index contributed by atoms with van der Waals surface area (Å²) in [4.78, 5) is 17.8. The van der Waals surface area contributed by atoms with Crippen molar-refractivity contribution >= 4 is 5.91 Å². The van der Waals surface area contributed by atoms with Gasteiger partial charge in [-0.25, -0.2) is 0 Å². The van der Waals surface area contributed by atoms with Gasteiger partial charge in [0.2, 0.25) is 5.91 Å². The van der Waals surface area contributed by atoms with Crippen LogP contribution >= 0.6 is 0 Å². The molecule has 1 fully saturated rings. The molecule has 2 unspecified atom stereocenters. The van der Waals surface area contributed by atoms with E-state index in [4.69, 9.17) is 5.73 Å². The molecule has 1 aliphatic rings. The zero-order valence-corrected chi connectivity index (χ0v) is 9.47. The molecule has 1 saturated heterocycles. The highest BCUT2D eigenvalue weighted by molar-refractivity contribution is 5.79. The Hall–Kier alpha value is -1.42. The molecule has 86 valence electrons. The second-order valence-electron chi connectivity index (χ2n) is 4.11. The van der Waals surface area contributed by atoms with Crippen LogP contribution in [0.3, 0.4) is 0 Å². The SMILES string of the molecule is CCN1C(=O)CC(CN)C1c1cccnc1. The number of aromatic nitrogens is 1. The molecule has 0 radical (unpaired) electrons. The molecule has 0 bridgehead atoms. The summed E-state index contributed by atoms with van der Waals surface area (Å²) in [5, 5.41) is 0. The highest BCUT2D eigenvalue weighted by atomic mass is 16.2. The lowest BCUT2D eigenvalue weighted by Crippen LogP contribution is -2.30. The third-order valence-corrected chi connectivity index (χ3v) is 3.21. The van der Waals surface area contributed by atoms with Gasteiger partial charge in [0.25, 0.3) is 0 Å². The van der Waals surface area contributed by atoms with Crippen molar-refractivity contribution in [2.24, 2.45) is 11.7 Å². The summed E-state index contributed by atoms with van der Waals surface area (Å²) >= 11 is 0. The number of likely N-dealkylation sites (tertiary alicyclic amines) is 1. The van der Waals surface area contributed by atoms with Crippen molar-refractivity contribution in [3.05, 3.63) is 30.1 Å². The summed E-state index contributed by atoms with van der Waals surface area (Å²) < 4.78 is 0. The fraction of sp³-hybridized carbons (Fsp3) is 0.500. The molecule has 0 aliphatic carbocycles. The fourth-order valence-corrected chi connectivity index (χ4v) is 2.45. The average molecular weight is 219 g/mol. The molecule has 2 N–H and O–H groups in total. The lowest BCUT2D eigenvalue weighted by molar-refractivity contribution is -0.128. The molecular formula is C12H17N3O. The average Bonchev–Trinajstić information content (AvgIpc) is 2.66. The van der Waals surface area contributed by atoms with E-state index in [2.05, 4.69) is 4.98 Å². The van der Waals surface area contributed by atoms with Gasteiger partial charge in [-0.05, 0) is 25.1 Å². The van der Waals surface area contributed by atoms with Crippen LogP contribution in [0.25, 0.3) is 0 Å². The Morgan fingerprint density at radius 1 is 1.62 bits per heavy atom. The Bertz CT molecular complexity index is 366. The molecule has 1 aromatic heterocycles. The summed E-state index contributed by atoms with van der Waals surface area (Å²) in [6.07, 6.45) is 4.13. The molecule has 16 heavy (non-hydrogen) atoms. The van der Waals surface area contributed by atoms with Gasteiger partial charge >= 0.3 is 0 Å². The Morgan fingerprint density at radius 3 is 3.00 bits per heavy atom. The second-order valence-corrected chi connectivity index (χ2v) is 4.11. The van der Waals surface area contributed by atoms with Gasteiger partial charge in [-0.15, -0.1) is 0 Å².